The molecule has 3 heteroatoms. The summed E-state index contributed by atoms with van der Waals surface area (Å²) in [6.07, 6.45) is 5.38. The zero-order chi connectivity index (χ0) is 10.5. The van der Waals surface area contributed by atoms with Gasteiger partial charge in [-0.2, -0.15) is 0 Å². The maximum Gasteiger partial charge on any atom is 0.0731 e. The first-order valence-electron chi connectivity index (χ1n) is 6.34. The van der Waals surface area contributed by atoms with Crippen molar-refractivity contribution in [3.63, 3.8) is 0 Å². The fraction of sp³-hybridized carbons (Fsp3) is 1.00. The molecule has 0 aromatic heterocycles. The third-order valence-corrected chi connectivity index (χ3v) is 3.53. The van der Waals surface area contributed by atoms with Gasteiger partial charge in [0.05, 0.1) is 12.7 Å². The second-order valence-corrected chi connectivity index (χ2v) is 4.61. The second kappa shape index (κ2) is 5.83. The lowest BCUT2D eigenvalue weighted by Gasteiger charge is -2.34. The molecule has 2 heterocycles. The summed E-state index contributed by atoms with van der Waals surface area (Å²) >= 11 is 0. The Morgan fingerprint density at radius 3 is 2.80 bits per heavy atom. The van der Waals surface area contributed by atoms with E-state index in [9.17, 15) is 0 Å². The Morgan fingerprint density at radius 2 is 2.20 bits per heavy atom. The van der Waals surface area contributed by atoms with E-state index >= 15 is 0 Å². The van der Waals surface area contributed by atoms with Crippen LogP contribution in [0, 0.1) is 5.92 Å². The quantitative estimate of drug-likeness (QED) is 0.769. The maximum absolute atomic E-state index is 5.89. The van der Waals surface area contributed by atoms with Gasteiger partial charge in [-0.3, -0.25) is 0 Å². The van der Waals surface area contributed by atoms with Gasteiger partial charge in [0.25, 0.3) is 0 Å². The molecule has 0 aromatic carbocycles. The molecule has 2 saturated heterocycles. The standard InChI is InChI=1S/C12H23NO2/c1-2-13-12(10-6-8-14-9-10)11-5-3-4-7-15-11/h10-13H,2-9H2,1H3. The Balaban J connectivity index is 1.90. The van der Waals surface area contributed by atoms with Crippen molar-refractivity contribution in [3.05, 3.63) is 0 Å². The number of hydrogen-bond acceptors (Lipinski definition) is 3. The van der Waals surface area contributed by atoms with E-state index in [-0.39, 0.29) is 0 Å². The van der Waals surface area contributed by atoms with Crippen molar-refractivity contribution in [1.29, 1.82) is 0 Å². The summed E-state index contributed by atoms with van der Waals surface area (Å²) in [6.45, 7) is 5.99. The van der Waals surface area contributed by atoms with Crippen molar-refractivity contribution >= 4 is 0 Å². The lowest BCUT2D eigenvalue weighted by atomic mass is 9.90. The van der Waals surface area contributed by atoms with Crippen LogP contribution < -0.4 is 5.32 Å². The summed E-state index contributed by atoms with van der Waals surface area (Å²) in [4.78, 5) is 0. The second-order valence-electron chi connectivity index (χ2n) is 4.61. The molecule has 0 amide bonds. The van der Waals surface area contributed by atoms with Crippen LogP contribution in [-0.2, 0) is 9.47 Å². The fourth-order valence-electron chi connectivity index (χ4n) is 2.72. The van der Waals surface area contributed by atoms with Gasteiger partial charge in [-0.05, 0) is 32.2 Å². The molecule has 2 aliphatic heterocycles. The summed E-state index contributed by atoms with van der Waals surface area (Å²) in [5.41, 5.74) is 0. The fourth-order valence-corrected chi connectivity index (χ4v) is 2.72. The molecule has 0 aliphatic carbocycles. The summed E-state index contributed by atoms with van der Waals surface area (Å²) in [5.74, 6) is 0.660. The highest BCUT2D eigenvalue weighted by molar-refractivity contribution is 4.87. The molecule has 2 aliphatic rings. The van der Waals surface area contributed by atoms with Gasteiger partial charge >= 0.3 is 0 Å². The highest BCUT2D eigenvalue weighted by Crippen LogP contribution is 2.25. The van der Waals surface area contributed by atoms with Gasteiger partial charge in [0.2, 0.25) is 0 Å². The van der Waals surface area contributed by atoms with Gasteiger partial charge < -0.3 is 14.8 Å². The molecular weight excluding hydrogens is 190 g/mol. The molecule has 3 nitrogen and oxygen atoms in total. The maximum atomic E-state index is 5.89. The molecule has 0 bridgehead atoms. The normalized spacial score (nSPS) is 34.2. The van der Waals surface area contributed by atoms with E-state index in [1.165, 1.54) is 25.7 Å². The SMILES string of the molecule is CCNC(C1CCOC1)C1CCCCO1. The van der Waals surface area contributed by atoms with Crippen molar-refractivity contribution in [2.75, 3.05) is 26.4 Å². The summed E-state index contributed by atoms with van der Waals surface area (Å²) in [7, 11) is 0. The van der Waals surface area contributed by atoms with E-state index < -0.39 is 0 Å². The average molecular weight is 213 g/mol. The van der Waals surface area contributed by atoms with E-state index in [1.807, 2.05) is 0 Å². The highest BCUT2D eigenvalue weighted by atomic mass is 16.5. The van der Waals surface area contributed by atoms with Gasteiger partial charge in [-0.25, -0.2) is 0 Å². The van der Waals surface area contributed by atoms with E-state index in [4.69, 9.17) is 9.47 Å². The molecule has 3 unspecified atom stereocenters. The molecular formula is C12H23NO2. The predicted molar refractivity (Wildman–Crippen MR) is 60.0 cm³/mol. The Bertz CT molecular complexity index is 174. The van der Waals surface area contributed by atoms with Crippen LogP contribution >= 0.6 is 0 Å². The molecule has 2 rings (SSSR count). The Labute approximate surface area is 92.5 Å². The Kier molecular flexibility index (Phi) is 4.42. The minimum atomic E-state index is 0.422. The first-order chi connectivity index (χ1) is 7.42. The molecule has 3 atom stereocenters. The summed E-state index contributed by atoms with van der Waals surface area (Å²) < 4.78 is 11.4. The number of rotatable bonds is 4. The number of nitrogens with one attached hydrogen (secondary N) is 1. The van der Waals surface area contributed by atoms with Gasteiger partial charge in [-0.1, -0.05) is 6.92 Å². The van der Waals surface area contributed by atoms with Crippen molar-refractivity contribution in [2.45, 2.75) is 44.8 Å². The smallest absolute Gasteiger partial charge is 0.0731 e. The van der Waals surface area contributed by atoms with Gasteiger partial charge in [-0.15, -0.1) is 0 Å². The zero-order valence-corrected chi connectivity index (χ0v) is 9.71. The van der Waals surface area contributed by atoms with Gasteiger partial charge in [0.15, 0.2) is 0 Å². The Morgan fingerprint density at radius 1 is 1.27 bits per heavy atom. The van der Waals surface area contributed by atoms with Gasteiger partial charge in [0, 0.05) is 25.2 Å². The average Bonchev–Trinajstić information content (AvgIpc) is 2.80. The number of hydrogen-bond donors (Lipinski definition) is 1. The van der Waals surface area contributed by atoms with Crippen LogP contribution in [0.25, 0.3) is 0 Å². The summed E-state index contributed by atoms with van der Waals surface area (Å²) in [5, 5.41) is 3.59. The van der Waals surface area contributed by atoms with Crippen LogP contribution in [0.15, 0.2) is 0 Å². The van der Waals surface area contributed by atoms with Crippen molar-refractivity contribution in [3.8, 4) is 0 Å². The van der Waals surface area contributed by atoms with Crippen LogP contribution in [-0.4, -0.2) is 38.5 Å². The topological polar surface area (TPSA) is 30.5 Å². The molecule has 2 fully saturated rings. The third kappa shape index (κ3) is 2.92. The number of ether oxygens (including phenoxy) is 2. The van der Waals surface area contributed by atoms with E-state index in [2.05, 4.69) is 12.2 Å². The first kappa shape index (κ1) is 11.4. The van der Waals surface area contributed by atoms with E-state index in [0.29, 0.717) is 18.1 Å². The molecule has 0 radical (unpaired) electrons. The molecule has 0 saturated carbocycles. The Hall–Kier alpha value is -0.120. The van der Waals surface area contributed by atoms with Crippen LogP contribution in [0.2, 0.25) is 0 Å². The lowest BCUT2D eigenvalue weighted by Crippen LogP contribution is -2.48. The van der Waals surface area contributed by atoms with Crippen LogP contribution in [0.5, 0.6) is 0 Å². The zero-order valence-electron chi connectivity index (χ0n) is 9.71. The van der Waals surface area contributed by atoms with Crippen LogP contribution in [0.3, 0.4) is 0 Å². The minimum absolute atomic E-state index is 0.422. The largest absolute Gasteiger partial charge is 0.381 e. The predicted octanol–water partition coefficient (Wildman–Crippen LogP) is 1.57. The number of likely N-dealkylation sites (N-methyl/N-ethyl adjacent to an activating group) is 1. The van der Waals surface area contributed by atoms with E-state index in [1.54, 1.807) is 0 Å². The lowest BCUT2D eigenvalue weighted by molar-refractivity contribution is -0.0216. The summed E-state index contributed by atoms with van der Waals surface area (Å²) in [6, 6.07) is 0.512. The molecule has 1 N–H and O–H groups in total. The molecule has 0 spiro atoms. The van der Waals surface area contributed by atoms with Crippen molar-refractivity contribution in [1.82, 2.24) is 5.32 Å². The molecule has 88 valence electrons. The minimum Gasteiger partial charge on any atom is -0.381 e. The van der Waals surface area contributed by atoms with E-state index in [0.717, 1.165) is 26.4 Å². The van der Waals surface area contributed by atoms with Gasteiger partial charge in [0.1, 0.15) is 0 Å². The van der Waals surface area contributed by atoms with Crippen molar-refractivity contribution in [2.24, 2.45) is 5.92 Å². The first-order valence-corrected chi connectivity index (χ1v) is 6.34. The van der Waals surface area contributed by atoms with Crippen LogP contribution in [0.4, 0.5) is 0 Å². The monoisotopic (exact) mass is 213 g/mol. The molecule has 15 heavy (non-hydrogen) atoms. The molecule has 0 aromatic rings. The highest BCUT2D eigenvalue weighted by Gasteiger charge is 2.32. The van der Waals surface area contributed by atoms with Crippen LogP contribution in [0.1, 0.15) is 32.6 Å². The van der Waals surface area contributed by atoms with Crippen molar-refractivity contribution < 1.29 is 9.47 Å². The third-order valence-electron chi connectivity index (χ3n) is 3.53.